The maximum atomic E-state index is 4.41. The first kappa shape index (κ1) is 13.4. The molecular formula is C16H20N6. The number of aryl methyl sites for hydroxylation is 3. The standard InChI is InChI=1S/C16H20N6/c1-12-5-6-15(19-17-12)21-7-9-22(10-8-21)16-11-13-3-2-4-14(13)18-20-16/h5-6,11H,2-4,7-10H2,1H3. The molecular weight excluding hydrogens is 276 g/mol. The average molecular weight is 296 g/mol. The van der Waals surface area contributed by atoms with E-state index in [-0.39, 0.29) is 0 Å². The van der Waals surface area contributed by atoms with Crippen molar-refractivity contribution in [2.45, 2.75) is 26.2 Å². The molecule has 2 aromatic heterocycles. The Labute approximate surface area is 130 Å². The SMILES string of the molecule is Cc1ccc(N2CCN(c3cc4c(nn3)CCC4)CC2)nn1. The highest BCUT2D eigenvalue weighted by atomic mass is 15.3. The van der Waals surface area contributed by atoms with E-state index in [0.717, 1.165) is 56.4 Å². The van der Waals surface area contributed by atoms with Crippen LogP contribution in [-0.2, 0) is 12.8 Å². The van der Waals surface area contributed by atoms with Gasteiger partial charge in [-0.05, 0) is 49.9 Å². The highest BCUT2D eigenvalue weighted by Gasteiger charge is 2.21. The van der Waals surface area contributed by atoms with Crippen molar-refractivity contribution in [3.05, 3.63) is 35.2 Å². The number of rotatable bonds is 2. The van der Waals surface area contributed by atoms with Crippen LogP contribution in [0, 0.1) is 6.92 Å². The van der Waals surface area contributed by atoms with Crippen LogP contribution in [0.3, 0.4) is 0 Å². The lowest BCUT2D eigenvalue weighted by molar-refractivity contribution is 0.633. The van der Waals surface area contributed by atoms with Crippen LogP contribution in [0.15, 0.2) is 18.2 Å². The number of hydrogen-bond acceptors (Lipinski definition) is 6. The molecule has 0 aromatic carbocycles. The average Bonchev–Trinajstić information content (AvgIpc) is 3.03. The molecule has 0 unspecified atom stereocenters. The van der Waals surface area contributed by atoms with Crippen molar-refractivity contribution >= 4 is 11.6 Å². The summed E-state index contributed by atoms with van der Waals surface area (Å²) in [6.45, 7) is 5.74. The monoisotopic (exact) mass is 296 g/mol. The van der Waals surface area contributed by atoms with Gasteiger partial charge < -0.3 is 9.80 Å². The molecule has 6 nitrogen and oxygen atoms in total. The minimum Gasteiger partial charge on any atom is -0.352 e. The summed E-state index contributed by atoms with van der Waals surface area (Å²) >= 11 is 0. The number of hydrogen-bond donors (Lipinski definition) is 0. The van der Waals surface area contributed by atoms with Gasteiger partial charge in [-0.15, -0.1) is 10.2 Å². The Hall–Kier alpha value is -2.24. The molecule has 1 aliphatic heterocycles. The molecule has 1 aliphatic carbocycles. The summed E-state index contributed by atoms with van der Waals surface area (Å²) in [7, 11) is 0. The van der Waals surface area contributed by atoms with E-state index in [1.54, 1.807) is 0 Å². The Morgan fingerprint density at radius 1 is 0.818 bits per heavy atom. The third-order valence-electron chi connectivity index (χ3n) is 4.52. The third-order valence-corrected chi connectivity index (χ3v) is 4.52. The van der Waals surface area contributed by atoms with Gasteiger partial charge >= 0.3 is 0 Å². The Bertz CT molecular complexity index is 661. The molecule has 114 valence electrons. The summed E-state index contributed by atoms with van der Waals surface area (Å²) in [6, 6.07) is 6.30. The predicted molar refractivity (Wildman–Crippen MR) is 85.3 cm³/mol. The number of piperazine rings is 1. The largest absolute Gasteiger partial charge is 0.352 e. The lowest BCUT2D eigenvalue weighted by Gasteiger charge is -2.35. The van der Waals surface area contributed by atoms with Gasteiger partial charge in [0.05, 0.1) is 11.4 Å². The minimum atomic E-state index is 0.941. The van der Waals surface area contributed by atoms with Crippen molar-refractivity contribution in [2.75, 3.05) is 36.0 Å². The van der Waals surface area contributed by atoms with E-state index < -0.39 is 0 Å². The number of nitrogens with zero attached hydrogens (tertiary/aromatic N) is 6. The highest BCUT2D eigenvalue weighted by molar-refractivity contribution is 5.46. The Kier molecular flexibility index (Phi) is 3.36. The van der Waals surface area contributed by atoms with E-state index in [2.05, 4.69) is 36.3 Å². The van der Waals surface area contributed by atoms with Crippen LogP contribution in [0.1, 0.15) is 23.4 Å². The number of aromatic nitrogens is 4. The number of anilines is 2. The Morgan fingerprint density at radius 3 is 2.27 bits per heavy atom. The quantitative estimate of drug-likeness (QED) is 0.835. The lowest BCUT2D eigenvalue weighted by Crippen LogP contribution is -2.47. The van der Waals surface area contributed by atoms with Gasteiger partial charge in [0.1, 0.15) is 0 Å². The van der Waals surface area contributed by atoms with Crippen molar-refractivity contribution in [1.29, 1.82) is 0 Å². The molecule has 0 bridgehead atoms. The van der Waals surface area contributed by atoms with Crippen LogP contribution < -0.4 is 9.80 Å². The summed E-state index contributed by atoms with van der Waals surface area (Å²) in [6.07, 6.45) is 3.45. The van der Waals surface area contributed by atoms with E-state index in [4.69, 9.17) is 0 Å². The first-order chi connectivity index (χ1) is 10.8. The van der Waals surface area contributed by atoms with Gasteiger partial charge in [-0.25, -0.2) is 0 Å². The van der Waals surface area contributed by atoms with Crippen LogP contribution in [0.4, 0.5) is 11.6 Å². The first-order valence-corrected chi connectivity index (χ1v) is 7.95. The van der Waals surface area contributed by atoms with Crippen molar-refractivity contribution < 1.29 is 0 Å². The molecule has 0 spiro atoms. The predicted octanol–water partition coefficient (Wildman–Crippen LogP) is 1.39. The van der Waals surface area contributed by atoms with Gasteiger partial charge in [0.2, 0.25) is 0 Å². The van der Waals surface area contributed by atoms with Crippen molar-refractivity contribution in [2.24, 2.45) is 0 Å². The van der Waals surface area contributed by atoms with Gasteiger partial charge in [0.15, 0.2) is 11.6 Å². The topological polar surface area (TPSA) is 58.0 Å². The second-order valence-electron chi connectivity index (χ2n) is 6.04. The van der Waals surface area contributed by atoms with Gasteiger partial charge in [-0.2, -0.15) is 10.2 Å². The van der Waals surface area contributed by atoms with E-state index in [1.165, 1.54) is 17.7 Å². The molecule has 0 N–H and O–H groups in total. The van der Waals surface area contributed by atoms with Gasteiger partial charge in [0, 0.05) is 26.2 Å². The summed E-state index contributed by atoms with van der Waals surface area (Å²) in [5.41, 5.74) is 3.53. The fraction of sp³-hybridized carbons (Fsp3) is 0.500. The summed E-state index contributed by atoms with van der Waals surface area (Å²) in [5, 5.41) is 17.2. The van der Waals surface area contributed by atoms with Crippen LogP contribution in [-0.4, -0.2) is 46.6 Å². The molecule has 6 heteroatoms. The van der Waals surface area contributed by atoms with Gasteiger partial charge in [-0.3, -0.25) is 0 Å². The minimum absolute atomic E-state index is 0.941. The zero-order chi connectivity index (χ0) is 14.9. The van der Waals surface area contributed by atoms with Crippen molar-refractivity contribution in [3.8, 4) is 0 Å². The molecule has 22 heavy (non-hydrogen) atoms. The van der Waals surface area contributed by atoms with Crippen molar-refractivity contribution in [1.82, 2.24) is 20.4 Å². The third kappa shape index (κ3) is 2.49. The maximum Gasteiger partial charge on any atom is 0.151 e. The highest BCUT2D eigenvalue weighted by Crippen LogP contribution is 2.24. The van der Waals surface area contributed by atoms with E-state index in [9.17, 15) is 0 Å². The van der Waals surface area contributed by atoms with Gasteiger partial charge in [-0.1, -0.05) is 0 Å². The Balaban J connectivity index is 1.44. The van der Waals surface area contributed by atoms with E-state index >= 15 is 0 Å². The summed E-state index contributed by atoms with van der Waals surface area (Å²) in [4.78, 5) is 4.60. The van der Waals surface area contributed by atoms with Gasteiger partial charge in [0.25, 0.3) is 0 Å². The molecule has 2 aromatic rings. The number of fused-ring (bicyclic) bond motifs is 1. The van der Waals surface area contributed by atoms with E-state index in [1.807, 2.05) is 19.1 Å². The molecule has 0 saturated carbocycles. The molecule has 0 radical (unpaired) electrons. The maximum absolute atomic E-state index is 4.41. The Morgan fingerprint density at radius 2 is 1.55 bits per heavy atom. The molecule has 3 heterocycles. The normalized spacial score (nSPS) is 17.7. The van der Waals surface area contributed by atoms with E-state index in [0.29, 0.717) is 0 Å². The summed E-state index contributed by atoms with van der Waals surface area (Å²) in [5.74, 6) is 1.99. The second kappa shape index (κ2) is 5.51. The zero-order valence-electron chi connectivity index (χ0n) is 12.9. The van der Waals surface area contributed by atoms with Crippen molar-refractivity contribution in [3.63, 3.8) is 0 Å². The molecule has 1 fully saturated rings. The molecule has 0 atom stereocenters. The molecule has 2 aliphatic rings. The molecule has 4 rings (SSSR count). The second-order valence-corrected chi connectivity index (χ2v) is 6.04. The lowest BCUT2D eigenvalue weighted by atomic mass is 10.2. The van der Waals surface area contributed by atoms with Crippen LogP contribution in [0.2, 0.25) is 0 Å². The molecule has 0 amide bonds. The summed E-state index contributed by atoms with van der Waals surface area (Å²) < 4.78 is 0. The zero-order valence-corrected chi connectivity index (χ0v) is 12.9. The van der Waals surface area contributed by atoms with Crippen LogP contribution in [0.5, 0.6) is 0 Å². The first-order valence-electron chi connectivity index (χ1n) is 7.95. The molecule has 1 saturated heterocycles. The smallest absolute Gasteiger partial charge is 0.151 e. The van der Waals surface area contributed by atoms with Crippen LogP contribution >= 0.6 is 0 Å². The fourth-order valence-corrected chi connectivity index (χ4v) is 3.20. The fourth-order valence-electron chi connectivity index (χ4n) is 3.20. The van der Waals surface area contributed by atoms with Crippen LogP contribution in [0.25, 0.3) is 0 Å².